The van der Waals surface area contributed by atoms with Crippen LogP contribution in [-0.2, 0) is 0 Å². The fourth-order valence-electron chi connectivity index (χ4n) is 1.83. The molecule has 6 heteroatoms. The van der Waals surface area contributed by atoms with Gasteiger partial charge in [-0.3, -0.25) is 14.6 Å². The Hall–Kier alpha value is -3.15. The third kappa shape index (κ3) is 4.41. The van der Waals surface area contributed by atoms with Crippen molar-refractivity contribution < 1.29 is 14.3 Å². The third-order valence-electron chi connectivity index (χ3n) is 3.01. The molecule has 0 radical (unpaired) electrons. The summed E-state index contributed by atoms with van der Waals surface area (Å²) in [5, 5.41) is 5.36. The predicted octanol–water partition coefficient (Wildman–Crippen LogP) is 2.26. The zero-order valence-electron chi connectivity index (χ0n) is 12.7. The summed E-state index contributed by atoms with van der Waals surface area (Å²) in [5.74, 6) is 0.0151. The minimum atomic E-state index is -0.395. The van der Waals surface area contributed by atoms with E-state index in [1.165, 1.54) is 12.3 Å². The second-order valence-electron chi connectivity index (χ2n) is 4.61. The maximum atomic E-state index is 12.2. The summed E-state index contributed by atoms with van der Waals surface area (Å²) in [4.78, 5) is 28.1. The van der Waals surface area contributed by atoms with Crippen molar-refractivity contribution in [3.05, 3.63) is 66.5 Å². The number of benzene rings is 1. The highest BCUT2D eigenvalue weighted by atomic mass is 16.5. The number of rotatable bonds is 6. The summed E-state index contributed by atoms with van der Waals surface area (Å²) < 4.78 is 5.06. The molecule has 0 spiro atoms. The lowest BCUT2D eigenvalue weighted by Gasteiger charge is -2.07. The molecule has 118 valence electrons. The average molecular weight is 311 g/mol. The molecule has 0 saturated heterocycles. The summed E-state index contributed by atoms with van der Waals surface area (Å²) in [6.45, 7) is 3.89. The van der Waals surface area contributed by atoms with Crippen molar-refractivity contribution >= 4 is 17.5 Å². The number of pyridine rings is 1. The molecule has 2 N–H and O–H groups in total. The van der Waals surface area contributed by atoms with Crippen molar-refractivity contribution in [2.24, 2.45) is 0 Å². The van der Waals surface area contributed by atoms with Gasteiger partial charge in [-0.25, -0.2) is 0 Å². The zero-order chi connectivity index (χ0) is 16.7. The van der Waals surface area contributed by atoms with Crippen LogP contribution in [0.4, 0.5) is 5.69 Å². The molecule has 1 aromatic heterocycles. The van der Waals surface area contributed by atoms with Gasteiger partial charge in [0.2, 0.25) is 0 Å². The van der Waals surface area contributed by atoms with Crippen LogP contribution in [-0.4, -0.2) is 30.5 Å². The number of carbonyl (C=O) groups excluding carboxylic acids is 2. The molecule has 1 aromatic carbocycles. The van der Waals surface area contributed by atoms with Gasteiger partial charge in [0.1, 0.15) is 11.4 Å². The third-order valence-corrected chi connectivity index (χ3v) is 3.01. The van der Waals surface area contributed by atoms with Crippen LogP contribution in [0.25, 0.3) is 0 Å². The van der Waals surface area contributed by atoms with Gasteiger partial charge in [-0.1, -0.05) is 6.08 Å². The average Bonchev–Trinajstić information content (AvgIpc) is 2.60. The first-order valence-electron chi connectivity index (χ1n) is 6.94. The maximum absolute atomic E-state index is 12.2. The summed E-state index contributed by atoms with van der Waals surface area (Å²) in [6.07, 6.45) is 3.00. The van der Waals surface area contributed by atoms with Crippen LogP contribution < -0.4 is 15.4 Å². The van der Waals surface area contributed by atoms with Crippen molar-refractivity contribution in [2.45, 2.75) is 0 Å². The summed E-state index contributed by atoms with van der Waals surface area (Å²) >= 11 is 0. The lowest BCUT2D eigenvalue weighted by Crippen LogP contribution is -2.24. The Labute approximate surface area is 134 Å². The molecule has 23 heavy (non-hydrogen) atoms. The largest absolute Gasteiger partial charge is 0.497 e. The van der Waals surface area contributed by atoms with E-state index >= 15 is 0 Å². The van der Waals surface area contributed by atoms with E-state index in [2.05, 4.69) is 22.2 Å². The van der Waals surface area contributed by atoms with Crippen molar-refractivity contribution in [1.82, 2.24) is 10.3 Å². The van der Waals surface area contributed by atoms with Crippen molar-refractivity contribution in [3.63, 3.8) is 0 Å². The number of nitrogens with one attached hydrogen (secondary N) is 2. The molecule has 0 saturated carbocycles. The highest BCUT2D eigenvalue weighted by Crippen LogP contribution is 2.15. The number of anilines is 1. The van der Waals surface area contributed by atoms with Crippen LogP contribution in [0.3, 0.4) is 0 Å². The van der Waals surface area contributed by atoms with E-state index < -0.39 is 5.91 Å². The number of amides is 2. The fourth-order valence-corrected chi connectivity index (χ4v) is 1.83. The van der Waals surface area contributed by atoms with Gasteiger partial charge in [-0.05, 0) is 36.4 Å². The summed E-state index contributed by atoms with van der Waals surface area (Å²) in [6, 6.07) is 9.90. The highest BCUT2D eigenvalue weighted by Gasteiger charge is 2.11. The van der Waals surface area contributed by atoms with Crippen molar-refractivity contribution in [3.8, 4) is 5.75 Å². The van der Waals surface area contributed by atoms with Crippen LogP contribution in [0.1, 0.15) is 20.8 Å². The topological polar surface area (TPSA) is 80.3 Å². The molecule has 0 aliphatic heterocycles. The van der Waals surface area contributed by atoms with Gasteiger partial charge in [0, 0.05) is 24.0 Å². The molecule has 0 aliphatic rings. The fraction of sp³-hybridized carbons (Fsp3) is 0.118. The van der Waals surface area contributed by atoms with Gasteiger partial charge in [-0.15, -0.1) is 6.58 Å². The highest BCUT2D eigenvalue weighted by molar-refractivity contribution is 6.04. The van der Waals surface area contributed by atoms with Gasteiger partial charge in [0.25, 0.3) is 11.8 Å². The van der Waals surface area contributed by atoms with Crippen LogP contribution in [0.5, 0.6) is 5.75 Å². The van der Waals surface area contributed by atoms with E-state index in [0.717, 1.165) is 0 Å². The molecule has 2 amide bonds. The molecule has 0 atom stereocenters. The number of hydrogen-bond donors (Lipinski definition) is 2. The van der Waals surface area contributed by atoms with Crippen LogP contribution >= 0.6 is 0 Å². The van der Waals surface area contributed by atoms with E-state index in [1.807, 2.05) is 0 Å². The number of aromatic nitrogens is 1. The predicted molar refractivity (Wildman–Crippen MR) is 87.7 cm³/mol. The Morgan fingerprint density at radius 2 is 1.96 bits per heavy atom. The molecule has 0 unspecified atom stereocenters. The second-order valence-corrected chi connectivity index (χ2v) is 4.61. The molecule has 2 aromatic rings. The van der Waals surface area contributed by atoms with Crippen LogP contribution in [0, 0.1) is 0 Å². The quantitative estimate of drug-likeness (QED) is 0.802. The Morgan fingerprint density at radius 3 is 2.61 bits per heavy atom. The molecule has 2 rings (SSSR count). The minimum absolute atomic E-state index is 0.159. The Morgan fingerprint density at radius 1 is 1.22 bits per heavy atom. The lowest BCUT2D eigenvalue weighted by atomic mass is 10.2. The zero-order valence-corrected chi connectivity index (χ0v) is 12.7. The monoisotopic (exact) mass is 311 g/mol. The first-order valence-corrected chi connectivity index (χ1v) is 6.94. The Bertz CT molecular complexity index is 711. The van der Waals surface area contributed by atoms with Crippen molar-refractivity contribution in [1.29, 1.82) is 0 Å². The number of carbonyl (C=O) groups is 2. The van der Waals surface area contributed by atoms with E-state index in [0.29, 0.717) is 23.5 Å². The molecule has 6 nitrogen and oxygen atoms in total. The first-order chi connectivity index (χ1) is 11.1. The summed E-state index contributed by atoms with van der Waals surface area (Å²) in [7, 11) is 1.57. The Kier molecular flexibility index (Phi) is 5.46. The van der Waals surface area contributed by atoms with E-state index in [4.69, 9.17) is 4.74 Å². The number of methoxy groups -OCH3 is 1. The lowest BCUT2D eigenvalue weighted by molar-refractivity contribution is 0.0958. The van der Waals surface area contributed by atoms with Gasteiger partial charge in [-0.2, -0.15) is 0 Å². The van der Waals surface area contributed by atoms with E-state index in [9.17, 15) is 9.59 Å². The van der Waals surface area contributed by atoms with Crippen molar-refractivity contribution in [2.75, 3.05) is 19.0 Å². The standard InChI is InChI=1S/C17H17N3O3/c1-3-9-19-16(21)12-8-10-18-15(11-12)17(22)20-13-4-6-14(23-2)7-5-13/h3-8,10-11H,1,9H2,2H3,(H,19,21)(H,20,22). The van der Waals surface area contributed by atoms with Crippen LogP contribution in [0.2, 0.25) is 0 Å². The van der Waals surface area contributed by atoms with Gasteiger partial charge in [0.05, 0.1) is 7.11 Å². The SMILES string of the molecule is C=CCNC(=O)c1ccnc(C(=O)Nc2ccc(OC)cc2)c1. The number of hydrogen-bond acceptors (Lipinski definition) is 4. The van der Waals surface area contributed by atoms with Gasteiger partial charge < -0.3 is 15.4 Å². The molecule has 1 heterocycles. The van der Waals surface area contributed by atoms with E-state index in [-0.39, 0.29) is 11.6 Å². The molecule has 0 aliphatic carbocycles. The van der Waals surface area contributed by atoms with Crippen LogP contribution in [0.15, 0.2) is 55.3 Å². The molecular formula is C17H17N3O3. The minimum Gasteiger partial charge on any atom is -0.497 e. The second kappa shape index (κ2) is 7.74. The molecular weight excluding hydrogens is 294 g/mol. The summed E-state index contributed by atoms with van der Waals surface area (Å²) in [5.41, 5.74) is 1.13. The first kappa shape index (κ1) is 16.2. The number of nitrogens with zero attached hydrogens (tertiary/aromatic N) is 1. The molecule has 0 fully saturated rings. The number of ether oxygens (including phenoxy) is 1. The smallest absolute Gasteiger partial charge is 0.274 e. The molecule has 0 bridgehead atoms. The van der Waals surface area contributed by atoms with Gasteiger partial charge in [0.15, 0.2) is 0 Å². The van der Waals surface area contributed by atoms with E-state index in [1.54, 1.807) is 43.5 Å². The maximum Gasteiger partial charge on any atom is 0.274 e. The van der Waals surface area contributed by atoms with Gasteiger partial charge >= 0.3 is 0 Å². The normalized spacial score (nSPS) is 9.78. The Balaban J connectivity index is 2.09.